The predicted molar refractivity (Wildman–Crippen MR) is 137 cm³/mol. The molecule has 0 aromatic carbocycles. The molecule has 0 radical (unpaired) electrons. The first-order valence-corrected chi connectivity index (χ1v) is 13.5. The maximum atomic E-state index is 13.3. The van der Waals surface area contributed by atoms with Crippen LogP contribution in [0, 0.1) is 11.3 Å². The molecule has 220 valence electrons. The molecular formula is C27H47NO10. The predicted octanol–water partition coefficient (Wildman–Crippen LogP) is 1.23. The third-order valence-electron chi connectivity index (χ3n) is 8.50. The molecule has 1 amide bonds. The number of amides is 1. The number of unbranched alkanes of at least 4 members (excludes halogenated alkanes) is 1. The summed E-state index contributed by atoms with van der Waals surface area (Å²) in [5.41, 5.74) is 0.295. The second-order valence-corrected chi connectivity index (χ2v) is 11.4. The molecule has 4 N–H and O–H groups in total. The molecule has 0 aromatic rings. The number of carbonyl (C=O) groups is 1. The first-order chi connectivity index (χ1) is 17.9. The second kappa shape index (κ2) is 13.0. The van der Waals surface area contributed by atoms with E-state index in [1.807, 2.05) is 27.7 Å². The highest BCUT2D eigenvalue weighted by atomic mass is 16.7. The van der Waals surface area contributed by atoms with Gasteiger partial charge in [0.15, 0.2) is 12.3 Å². The van der Waals surface area contributed by atoms with Gasteiger partial charge in [0, 0.05) is 45.0 Å². The Kier molecular flexibility index (Phi) is 10.7. The van der Waals surface area contributed by atoms with Gasteiger partial charge in [-0.05, 0) is 26.2 Å². The van der Waals surface area contributed by atoms with Crippen molar-refractivity contribution in [3.63, 3.8) is 0 Å². The van der Waals surface area contributed by atoms with Crippen LogP contribution in [0.2, 0.25) is 0 Å². The Balaban J connectivity index is 1.76. The lowest BCUT2D eigenvalue weighted by Gasteiger charge is -2.54. The number of hydrogen-bond acceptors (Lipinski definition) is 10. The normalized spacial score (nSPS) is 38.8. The number of aliphatic hydroxyl groups is 3. The molecule has 3 rings (SSSR count). The summed E-state index contributed by atoms with van der Waals surface area (Å²) < 4.78 is 35.5. The van der Waals surface area contributed by atoms with Crippen LogP contribution >= 0.6 is 0 Å². The van der Waals surface area contributed by atoms with E-state index in [0.29, 0.717) is 25.7 Å². The average molecular weight is 546 g/mol. The smallest absolute Gasteiger partial charge is 0.256 e. The molecule has 11 nitrogen and oxygen atoms in total. The van der Waals surface area contributed by atoms with Crippen molar-refractivity contribution in [1.82, 2.24) is 5.32 Å². The number of rotatable bonds is 11. The van der Waals surface area contributed by atoms with Crippen LogP contribution in [0.3, 0.4) is 0 Å². The van der Waals surface area contributed by atoms with Crippen LogP contribution in [-0.2, 0) is 33.2 Å². The molecule has 0 aromatic heterocycles. The van der Waals surface area contributed by atoms with Crippen molar-refractivity contribution >= 4 is 5.91 Å². The summed E-state index contributed by atoms with van der Waals surface area (Å²) >= 11 is 0. The van der Waals surface area contributed by atoms with Gasteiger partial charge in [0.2, 0.25) is 5.79 Å². The zero-order valence-corrected chi connectivity index (χ0v) is 23.6. The Morgan fingerprint density at radius 2 is 1.89 bits per heavy atom. The highest BCUT2D eigenvalue weighted by Gasteiger charge is 2.57. The fourth-order valence-corrected chi connectivity index (χ4v) is 5.79. The van der Waals surface area contributed by atoms with Gasteiger partial charge in [-0.15, -0.1) is 0 Å². The highest BCUT2D eigenvalue weighted by molar-refractivity contribution is 5.82. The SMILES string of the molecule is C=C1CC(OC)(C(O)C(=O)NC2OCOC3C2OC(CC(O)CCCCO)C(C)(C)C3OC)OC(C)C1C. The van der Waals surface area contributed by atoms with Crippen molar-refractivity contribution in [2.75, 3.05) is 27.6 Å². The van der Waals surface area contributed by atoms with Crippen molar-refractivity contribution in [1.29, 1.82) is 0 Å². The maximum absolute atomic E-state index is 13.3. The van der Waals surface area contributed by atoms with E-state index in [-0.39, 0.29) is 31.8 Å². The van der Waals surface area contributed by atoms with Crippen LogP contribution in [0.5, 0.6) is 0 Å². The van der Waals surface area contributed by atoms with Crippen molar-refractivity contribution in [2.45, 2.75) is 115 Å². The Morgan fingerprint density at radius 1 is 1.18 bits per heavy atom. The number of ether oxygens (including phenoxy) is 6. The number of aliphatic hydroxyl groups excluding tert-OH is 3. The molecule has 0 aliphatic carbocycles. The zero-order chi connectivity index (χ0) is 28.3. The molecule has 3 fully saturated rings. The third-order valence-corrected chi connectivity index (χ3v) is 8.50. The van der Waals surface area contributed by atoms with E-state index in [1.165, 1.54) is 7.11 Å². The van der Waals surface area contributed by atoms with Gasteiger partial charge in [-0.2, -0.15) is 0 Å². The molecule has 10 unspecified atom stereocenters. The molecule has 3 aliphatic heterocycles. The molecule has 0 saturated carbocycles. The monoisotopic (exact) mass is 545 g/mol. The average Bonchev–Trinajstić information content (AvgIpc) is 2.87. The number of fused-ring (bicyclic) bond motifs is 1. The van der Waals surface area contributed by atoms with Gasteiger partial charge in [-0.3, -0.25) is 4.79 Å². The molecule has 0 spiro atoms. The van der Waals surface area contributed by atoms with Crippen LogP contribution in [0.25, 0.3) is 0 Å². The Labute approximate surface area is 225 Å². The van der Waals surface area contributed by atoms with Gasteiger partial charge in [0.1, 0.15) is 19.0 Å². The fraction of sp³-hybridized carbons (Fsp3) is 0.889. The third kappa shape index (κ3) is 6.42. The minimum atomic E-state index is -1.66. The number of methoxy groups -OCH3 is 2. The van der Waals surface area contributed by atoms with Gasteiger partial charge in [0.25, 0.3) is 5.91 Å². The minimum Gasteiger partial charge on any atom is -0.396 e. The summed E-state index contributed by atoms with van der Waals surface area (Å²) in [5.74, 6) is -2.27. The quantitative estimate of drug-likeness (QED) is 0.221. The molecule has 0 bridgehead atoms. The summed E-state index contributed by atoms with van der Waals surface area (Å²) in [6.07, 6.45) is -3.38. The number of hydrogen-bond donors (Lipinski definition) is 4. The Bertz CT molecular complexity index is 809. The molecule has 3 saturated heterocycles. The molecule has 11 heteroatoms. The standard InChI is InChI=1S/C27H47NO10/c1-15-13-27(34-7,38-17(3)16(15)2)22(31)24(32)28-25-21-20(35-14-36-25)23(33-6)26(4,5)19(37-21)12-18(30)10-8-9-11-29/h16-23,25,29-31H,1,8-14H2,2-7H3,(H,28,32). The van der Waals surface area contributed by atoms with Crippen LogP contribution in [-0.4, -0.2) is 104 Å². The Morgan fingerprint density at radius 3 is 2.50 bits per heavy atom. The van der Waals surface area contributed by atoms with Crippen LogP contribution in [0.15, 0.2) is 12.2 Å². The summed E-state index contributed by atoms with van der Waals surface area (Å²) in [5, 5.41) is 33.5. The lowest BCUT2D eigenvalue weighted by molar-refractivity contribution is -0.332. The molecule has 3 aliphatic rings. The Hall–Kier alpha value is -1.15. The van der Waals surface area contributed by atoms with Crippen molar-refractivity contribution in [3.8, 4) is 0 Å². The van der Waals surface area contributed by atoms with E-state index >= 15 is 0 Å². The second-order valence-electron chi connectivity index (χ2n) is 11.4. The lowest BCUT2D eigenvalue weighted by atomic mass is 9.72. The number of nitrogens with one attached hydrogen (secondary N) is 1. The van der Waals surface area contributed by atoms with Crippen LogP contribution in [0.4, 0.5) is 0 Å². The molecule has 38 heavy (non-hydrogen) atoms. The maximum Gasteiger partial charge on any atom is 0.256 e. The minimum absolute atomic E-state index is 0.0500. The topological polar surface area (TPSA) is 145 Å². The van der Waals surface area contributed by atoms with Crippen molar-refractivity contribution < 1.29 is 48.5 Å². The number of carbonyl (C=O) groups excluding carboxylic acids is 1. The van der Waals surface area contributed by atoms with E-state index in [0.717, 1.165) is 5.57 Å². The summed E-state index contributed by atoms with van der Waals surface area (Å²) in [4.78, 5) is 13.3. The van der Waals surface area contributed by atoms with E-state index < -0.39 is 60.0 Å². The molecular weight excluding hydrogens is 498 g/mol. The fourth-order valence-electron chi connectivity index (χ4n) is 5.79. The zero-order valence-electron chi connectivity index (χ0n) is 23.6. The first kappa shape index (κ1) is 31.4. The lowest BCUT2D eigenvalue weighted by Crippen LogP contribution is -2.69. The van der Waals surface area contributed by atoms with E-state index in [1.54, 1.807) is 7.11 Å². The van der Waals surface area contributed by atoms with Crippen LogP contribution < -0.4 is 5.32 Å². The summed E-state index contributed by atoms with van der Waals surface area (Å²) in [6, 6.07) is 0. The summed E-state index contributed by atoms with van der Waals surface area (Å²) in [6.45, 7) is 11.9. The van der Waals surface area contributed by atoms with E-state index in [4.69, 9.17) is 33.5 Å². The van der Waals surface area contributed by atoms with Gasteiger partial charge in [0.05, 0.1) is 24.4 Å². The van der Waals surface area contributed by atoms with Gasteiger partial charge in [-0.25, -0.2) is 0 Å². The van der Waals surface area contributed by atoms with Crippen molar-refractivity contribution in [3.05, 3.63) is 12.2 Å². The molecule has 3 heterocycles. The van der Waals surface area contributed by atoms with Gasteiger partial charge in [-0.1, -0.05) is 32.9 Å². The first-order valence-electron chi connectivity index (χ1n) is 13.5. The van der Waals surface area contributed by atoms with Crippen LogP contribution in [0.1, 0.15) is 59.8 Å². The van der Waals surface area contributed by atoms with E-state index in [9.17, 15) is 15.0 Å². The summed E-state index contributed by atoms with van der Waals surface area (Å²) in [7, 11) is 2.98. The van der Waals surface area contributed by atoms with Gasteiger partial charge < -0.3 is 49.1 Å². The highest BCUT2D eigenvalue weighted by Crippen LogP contribution is 2.44. The van der Waals surface area contributed by atoms with Crippen molar-refractivity contribution in [2.24, 2.45) is 11.3 Å². The van der Waals surface area contributed by atoms with Gasteiger partial charge >= 0.3 is 0 Å². The van der Waals surface area contributed by atoms with E-state index in [2.05, 4.69) is 11.9 Å². The largest absolute Gasteiger partial charge is 0.396 e. The molecule has 10 atom stereocenters.